The van der Waals surface area contributed by atoms with Crippen molar-refractivity contribution in [2.24, 2.45) is 0 Å². The van der Waals surface area contributed by atoms with Crippen molar-refractivity contribution >= 4 is 21.7 Å². The third-order valence-electron chi connectivity index (χ3n) is 11.3. The lowest BCUT2D eigenvalue weighted by Gasteiger charge is -2.26. The second-order valence-electron chi connectivity index (χ2n) is 14.6. The van der Waals surface area contributed by atoms with Gasteiger partial charge < -0.3 is 0 Å². The number of aromatic nitrogens is 1. The Morgan fingerprint density at radius 3 is 1.81 bits per heavy atom. The van der Waals surface area contributed by atoms with Gasteiger partial charge in [0.25, 0.3) is 5.56 Å². The fraction of sp³-hybridized carbons (Fsp3) is 0.178. The van der Waals surface area contributed by atoms with Gasteiger partial charge in [0, 0.05) is 27.3 Å². The first kappa shape index (κ1) is 28.0. The molecule has 0 atom stereocenters. The molecule has 0 amide bonds. The number of nitrogens with zero attached hydrogens (tertiary/aromatic N) is 1. The number of rotatable bonds is 2. The maximum absolute atomic E-state index is 14.9. The molecule has 228 valence electrons. The van der Waals surface area contributed by atoms with Gasteiger partial charge in [-0.2, -0.15) is 0 Å². The smallest absolute Gasteiger partial charge is 0.263 e. The Morgan fingerprint density at radius 1 is 0.489 bits per heavy atom. The lowest BCUT2D eigenvalue weighted by atomic mass is 9.79. The van der Waals surface area contributed by atoms with E-state index in [-0.39, 0.29) is 16.4 Å². The Kier molecular flexibility index (Phi) is 5.62. The molecule has 0 radical (unpaired) electrons. The fourth-order valence-corrected chi connectivity index (χ4v) is 8.90. The monoisotopic (exact) mass is 607 g/mol. The van der Waals surface area contributed by atoms with Crippen molar-refractivity contribution in [2.45, 2.75) is 52.4 Å². The van der Waals surface area contributed by atoms with Crippen LogP contribution in [0.1, 0.15) is 61.1 Å². The molecule has 0 spiro atoms. The van der Waals surface area contributed by atoms with Crippen LogP contribution in [0.15, 0.2) is 120 Å². The van der Waals surface area contributed by atoms with Gasteiger partial charge in [-0.3, -0.25) is 9.36 Å². The molecular weight excluding hydrogens is 571 g/mol. The van der Waals surface area contributed by atoms with Crippen molar-refractivity contribution in [3.8, 4) is 39.1 Å². The van der Waals surface area contributed by atoms with Crippen LogP contribution in [0.4, 0.5) is 0 Å². The van der Waals surface area contributed by atoms with Crippen LogP contribution in [-0.4, -0.2) is 4.57 Å². The average Bonchev–Trinajstić information content (AvgIpc) is 3.45. The van der Waals surface area contributed by atoms with Crippen molar-refractivity contribution in [1.29, 1.82) is 0 Å². The summed E-state index contributed by atoms with van der Waals surface area (Å²) in [6.07, 6.45) is 0. The largest absolute Gasteiger partial charge is 0.276 e. The zero-order valence-corrected chi connectivity index (χ0v) is 27.8. The van der Waals surface area contributed by atoms with Gasteiger partial charge in [-0.25, -0.2) is 0 Å². The first-order valence-corrected chi connectivity index (χ1v) is 16.7. The first-order valence-electron chi connectivity index (χ1n) is 16.7. The summed E-state index contributed by atoms with van der Waals surface area (Å²) in [6.45, 7) is 13.6. The van der Waals surface area contributed by atoms with Gasteiger partial charge in [-0.1, -0.05) is 113 Å². The number of hydrogen-bond acceptors (Lipinski definition) is 1. The van der Waals surface area contributed by atoms with Crippen molar-refractivity contribution in [1.82, 2.24) is 4.57 Å². The molecule has 0 N–H and O–H groups in total. The van der Waals surface area contributed by atoms with Crippen LogP contribution in [0.5, 0.6) is 0 Å². The number of aryl methyl sites for hydroxylation is 2. The third kappa shape index (κ3) is 3.64. The average molecular weight is 608 g/mol. The zero-order valence-electron chi connectivity index (χ0n) is 27.8. The van der Waals surface area contributed by atoms with Crippen LogP contribution in [0.25, 0.3) is 60.7 Å². The molecule has 0 saturated carbocycles. The van der Waals surface area contributed by atoms with Gasteiger partial charge in [0.05, 0.1) is 5.52 Å². The molecule has 0 aliphatic heterocycles. The minimum atomic E-state index is -0.240. The Bertz CT molecular complexity index is 2560. The summed E-state index contributed by atoms with van der Waals surface area (Å²) >= 11 is 0. The summed E-state index contributed by atoms with van der Waals surface area (Å²) in [7, 11) is 0. The van der Waals surface area contributed by atoms with Crippen molar-refractivity contribution in [3.05, 3.63) is 159 Å². The van der Waals surface area contributed by atoms with Crippen LogP contribution >= 0.6 is 0 Å². The van der Waals surface area contributed by atoms with E-state index in [0.717, 1.165) is 32.9 Å². The SMILES string of the molecule is Cc1ccccc1-c1cc2c(cc1C)c(=O)n(-c1ccc3c(c1)C(C)(C)c1ccccc1-3)c1ccc3c(c21)C(C)(C)c1ccccc1-3. The van der Waals surface area contributed by atoms with Crippen LogP contribution in [0, 0.1) is 13.8 Å². The highest BCUT2D eigenvalue weighted by Gasteiger charge is 2.39. The van der Waals surface area contributed by atoms with E-state index >= 15 is 0 Å². The lowest BCUT2D eigenvalue weighted by Crippen LogP contribution is -2.22. The maximum Gasteiger partial charge on any atom is 0.263 e. The first-order chi connectivity index (χ1) is 22.6. The molecule has 2 heteroatoms. The van der Waals surface area contributed by atoms with Crippen molar-refractivity contribution in [3.63, 3.8) is 0 Å². The lowest BCUT2D eigenvalue weighted by molar-refractivity contribution is 0.659. The van der Waals surface area contributed by atoms with Gasteiger partial charge in [0.2, 0.25) is 0 Å². The minimum absolute atomic E-state index is 0.0217. The van der Waals surface area contributed by atoms with Crippen molar-refractivity contribution in [2.75, 3.05) is 0 Å². The molecule has 1 heterocycles. The minimum Gasteiger partial charge on any atom is -0.276 e. The summed E-state index contributed by atoms with van der Waals surface area (Å²) in [5.74, 6) is 0. The number of pyridine rings is 1. The number of hydrogen-bond donors (Lipinski definition) is 0. The Morgan fingerprint density at radius 2 is 1.09 bits per heavy atom. The number of benzene rings is 6. The second-order valence-corrected chi connectivity index (χ2v) is 14.6. The molecule has 9 rings (SSSR count). The summed E-state index contributed by atoms with van der Waals surface area (Å²) in [5.41, 5.74) is 16.5. The standard InChI is InChI=1S/C45H37NO/c1-26-13-7-8-14-29(26)34-25-35-36(23-27(34)2)43(47)46(28-19-20-32-30-15-9-11-17-37(30)44(3,4)39(32)24-28)40-22-21-33-31-16-10-12-18-38(31)45(5,6)42(33)41(35)40/h7-25H,1-6H3. The molecule has 0 unspecified atom stereocenters. The summed E-state index contributed by atoms with van der Waals surface area (Å²) in [5, 5.41) is 2.95. The predicted molar refractivity (Wildman–Crippen MR) is 197 cm³/mol. The second kappa shape index (κ2) is 9.42. The van der Waals surface area contributed by atoms with E-state index in [9.17, 15) is 4.79 Å². The van der Waals surface area contributed by atoms with Gasteiger partial charge in [-0.15, -0.1) is 0 Å². The van der Waals surface area contributed by atoms with Gasteiger partial charge in [0.1, 0.15) is 0 Å². The van der Waals surface area contributed by atoms with Gasteiger partial charge in [0.15, 0.2) is 0 Å². The fourth-order valence-electron chi connectivity index (χ4n) is 8.90. The summed E-state index contributed by atoms with van der Waals surface area (Å²) in [4.78, 5) is 14.9. The van der Waals surface area contributed by atoms with Crippen LogP contribution in [0.3, 0.4) is 0 Å². The highest BCUT2D eigenvalue weighted by Crippen LogP contribution is 2.53. The molecular formula is C45H37NO. The molecule has 1 aromatic heterocycles. The van der Waals surface area contributed by atoms with Crippen molar-refractivity contribution < 1.29 is 0 Å². The topological polar surface area (TPSA) is 22.0 Å². The quantitative estimate of drug-likeness (QED) is 0.179. The van der Waals surface area contributed by atoms with E-state index < -0.39 is 0 Å². The zero-order chi connectivity index (χ0) is 32.4. The molecule has 2 nitrogen and oxygen atoms in total. The Labute approximate surface area is 276 Å². The molecule has 0 bridgehead atoms. The molecule has 47 heavy (non-hydrogen) atoms. The molecule has 7 aromatic rings. The van der Waals surface area contributed by atoms with E-state index in [4.69, 9.17) is 0 Å². The Balaban J connectivity index is 1.42. The number of fused-ring (bicyclic) bond motifs is 10. The maximum atomic E-state index is 14.9. The van der Waals surface area contributed by atoms with Gasteiger partial charge >= 0.3 is 0 Å². The van der Waals surface area contributed by atoms with E-state index in [1.165, 1.54) is 61.2 Å². The summed E-state index contributed by atoms with van der Waals surface area (Å²) in [6, 6.07) is 41.6. The van der Waals surface area contributed by atoms with E-state index in [2.05, 4.69) is 157 Å². The predicted octanol–water partition coefficient (Wildman–Crippen LogP) is 11.0. The highest BCUT2D eigenvalue weighted by atomic mass is 16.1. The molecule has 0 saturated heterocycles. The van der Waals surface area contributed by atoms with E-state index in [1.807, 2.05) is 4.57 Å². The third-order valence-corrected chi connectivity index (χ3v) is 11.3. The molecule has 0 fully saturated rings. The highest BCUT2D eigenvalue weighted by molar-refractivity contribution is 6.13. The van der Waals surface area contributed by atoms with E-state index in [0.29, 0.717) is 0 Å². The van der Waals surface area contributed by atoms with Crippen LogP contribution in [0.2, 0.25) is 0 Å². The van der Waals surface area contributed by atoms with Crippen LogP contribution < -0.4 is 5.56 Å². The normalized spacial score (nSPS) is 15.0. The van der Waals surface area contributed by atoms with Crippen LogP contribution in [-0.2, 0) is 10.8 Å². The van der Waals surface area contributed by atoms with Gasteiger partial charge in [-0.05, 0) is 116 Å². The molecule has 2 aliphatic rings. The molecule has 6 aromatic carbocycles. The Hall–Kier alpha value is -5.21. The molecule has 2 aliphatic carbocycles. The van der Waals surface area contributed by atoms with E-state index in [1.54, 1.807) is 0 Å². The summed E-state index contributed by atoms with van der Waals surface area (Å²) < 4.78 is 1.99.